The normalized spacial score (nSPS) is 11.0. The Balaban J connectivity index is 1.89. The molecule has 0 atom stereocenters. The molecule has 1 aromatic heterocycles. The molecule has 0 unspecified atom stereocenters. The van der Waals surface area contributed by atoms with Crippen molar-refractivity contribution in [3.05, 3.63) is 64.5 Å². The van der Waals surface area contributed by atoms with Gasteiger partial charge in [-0.1, -0.05) is 0 Å². The monoisotopic (exact) mass is 368 g/mol. The third kappa shape index (κ3) is 3.45. The molecule has 0 amide bonds. The fourth-order valence-corrected chi connectivity index (χ4v) is 2.14. The fourth-order valence-electron chi connectivity index (χ4n) is 2.14. The van der Waals surface area contributed by atoms with Crippen LogP contribution in [0.3, 0.4) is 0 Å². The van der Waals surface area contributed by atoms with Crippen LogP contribution in [0.1, 0.15) is 0 Å². The summed E-state index contributed by atoms with van der Waals surface area (Å²) in [6, 6.07) is 6.33. The predicted octanol–water partition coefficient (Wildman–Crippen LogP) is 3.72. The minimum atomic E-state index is -3.16. The first-order valence-corrected chi connectivity index (χ1v) is 6.96. The number of rotatable bonds is 5. The molecule has 26 heavy (non-hydrogen) atoms. The van der Waals surface area contributed by atoms with Gasteiger partial charge < -0.3 is 4.74 Å². The van der Waals surface area contributed by atoms with Crippen molar-refractivity contribution >= 4 is 5.69 Å². The van der Waals surface area contributed by atoms with Crippen LogP contribution in [0.4, 0.5) is 23.2 Å². The molecule has 0 radical (unpaired) electrons. The Bertz CT molecular complexity index is 977. The fraction of sp³-hybridized carbons (Fsp3) is 0.0667. The first-order chi connectivity index (χ1) is 12.3. The number of benzene rings is 2. The van der Waals surface area contributed by atoms with Crippen LogP contribution in [0.5, 0.6) is 5.75 Å². The summed E-state index contributed by atoms with van der Waals surface area (Å²) < 4.78 is 56.9. The molecule has 11 heteroatoms. The van der Waals surface area contributed by atoms with Gasteiger partial charge in [-0.2, -0.15) is 13.2 Å². The van der Waals surface area contributed by atoms with E-state index in [-0.39, 0.29) is 17.1 Å². The van der Waals surface area contributed by atoms with Crippen LogP contribution >= 0.6 is 0 Å². The minimum Gasteiger partial charge on any atom is -0.432 e. The minimum absolute atomic E-state index is 0.0344. The van der Waals surface area contributed by atoms with Gasteiger partial charge in [-0.15, -0.1) is 5.10 Å². The van der Waals surface area contributed by atoms with E-state index in [9.17, 15) is 27.7 Å². The number of hydrogen-bond acceptors (Lipinski definition) is 5. The molecular formula is C15H8F4N4O3. The van der Waals surface area contributed by atoms with Gasteiger partial charge in [0.15, 0.2) is 17.4 Å². The Labute approximate surface area is 142 Å². The topological polar surface area (TPSA) is 83.1 Å². The van der Waals surface area contributed by atoms with Gasteiger partial charge in [-0.25, -0.2) is 14.1 Å². The van der Waals surface area contributed by atoms with Crippen molar-refractivity contribution in [1.29, 1.82) is 0 Å². The van der Waals surface area contributed by atoms with Crippen LogP contribution in [0.15, 0.2) is 42.7 Å². The summed E-state index contributed by atoms with van der Waals surface area (Å²) >= 11 is 0. The van der Waals surface area contributed by atoms with E-state index in [0.717, 1.165) is 28.9 Å². The lowest BCUT2D eigenvalue weighted by Gasteiger charge is -2.07. The van der Waals surface area contributed by atoms with Gasteiger partial charge in [-0.3, -0.25) is 10.1 Å². The summed E-state index contributed by atoms with van der Waals surface area (Å²) in [6.45, 7) is -3.16. The van der Waals surface area contributed by atoms with Crippen molar-refractivity contribution in [2.45, 2.75) is 6.61 Å². The predicted molar refractivity (Wildman–Crippen MR) is 80.0 cm³/mol. The zero-order valence-electron chi connectivity index (χ0n) is 12.6. The highest BCUT2D eigenvalue weighted by Gasteiger charge is 2.17. The molecular weight excluding hydrogens is 360 g/mol. The Morgan fingerprint density at radius 3 is 2.50 bits per heavy atom. The first kappa shape index (κ1) is 17.3. The van der Waals surface area contributed by atoms with Crippen LogP contribution < -0.4 is 4.74 Å². The second-order valence-electron chi connectivity index (χ2n) is 4.93. The average molecular weight is 368 g/mol. The number of nitro groups is 1. The molecule has 0 aliphatic carbocycles. The largest absolute Gasteiger partial charge is 0.432 e. The number of halogens is 4. The van der Waals surface area contributed by atoms with Crippen molar-refractivity contribution < 1.29 is 27.2 Å². The molecule has 0 aliphatic rings. The Morgan fingerprint density at radius 1 is 1.12 bits per heavy atom. The van der Waals surface area contributed by atoms with Crippen LogP contribution in [-0.2, 0) is 0 Å². The zero-order valence-corrected chi connectivity index (χ0v) is 12.6. The second kappa shape index (κ2) is 6.78. The quantitative estimate of drug-likeness (QED) is 0.389. The highest BCUT2D eigenvalue weighted by Crippen LogP contribution is 2.25. The Hall–Kier alpha value is -3.50. The SMILES string of the molecule is O=[N+]([O-])c1ccc(-c2ncn(-c3ccc(OC(F)F)c(F)c3)n2)cc1F. The molecule has 0 N–H and O–H groups in total. The molecule has 2 aromatic carbocycles. The van der Waals surface area contributed by atoms with Crippen molar-refractivity contribution in [2.24, 2.45) is 0 Å². The van der Waals surface area contributed by atoms with E-state index in [4.69, 9.17) is 0 Å². The van der Waals surface area contributed by atoms with Crippen molar-refractivity contribution in [3.8, 4) is 22.8 Å². The summed E-state index contributed by atoms with van der Waals surface area (Å²) in [5, 5.41) is 14.6. The van der Waals surface area contributed by atoms with Crippen LogP contribution in [0.2, 0.25) is 0 Å². The summed E-state index contributed by atoms with van der Waals surface area (Å²) in [4.78, 5) is 13.7. The molecule has 0 saturated heterocycles. The third-order valence-corrected chi connectivity index (χ3v) is 3.29. The summed E-state index contributed by atoms with van der Waals surface area (Å²) in [6.07, 6.45) is 1.19. The summed E-state index contributed by atoms with van der Waals surface area (Å²) in [5.41, 5.74) is -0.361. The van der Waals surface area contributed by atoms with E-state index in [1.165, 1.54) is 18.5 Å². The molecule has 0 saturated carbocycles. The third-order valence-electron chi connectivity index (χ3n) is 3.29. The number of ether oxygens (including phenoxy) is 1. The van der Waals surface area contributed by atoms with Crippen molar-refractivity contribution in [1.82, 2.24) is 14.8 Å². The maximum atomic E-state index is 13.8. The van der Waals surface area contributed by atoms with Gasteiger partial charge in [0.2, 0.25) is 5.82 Å². The van der Waals surface area contributed by atoms with Gasteiger partial charge in [-0.05, 0) is 24.3 Å². The number of aromatic nitrogens is 3. The molecule has 3 rings (SSSR count). The van der Waals surface area contributed by atoms with Gasteiger partial charge in [0, 0.05) is 17.7 Å². The van der Waals surface area contributed by atoms with E-state index in [1.54, 1.807) is 0 Å². The van der Waals surface area contributed by atoms with Crippen molar-refractivity contribution in [2.75, 3.05) is 0 Å². The highest BCUT2D eigenvalue weighted by molar-refractivity contribution is 5.57. The smallest absolute Gasteiger partial charge is 0.387 e. The van der Waals surface area contributed by atoms with Crippen LogP contribution in [0.25, 0.3) is 17.1 Å². The van der Waals surface area contributed by atoms with Crippen LogP contribution in [-0.4, -0.2) is 26.3 Å². The van der Waals surface area contributed by atoms with Crippen LogP contribution in [0, 0.1) is 21.7 Å². The molecule has 0 bridgehead atoms. The summed E-state index contributed by atoms with van der Waals surface area (Å²) in [5.74, 6) is -2.67. The Kier molecular flexibility index (Phi) is 4.52. The Morgan fingerprint density at radius 2 is 1.88 bits per heavy atom. The highest BCUT2D eigenvalue weighted by atomic mass is 19.3. The van der Waals surface area contributed by atoms with E-state index < -0.39 is 34.6 Å². The molecule has 0 fully saturated rings. The van der Waals surface area contributed by atoms with Gasteiger partial charge >= 0.3 is 12.3 Å². The lowest BCUT2D eigenvalue weighted by atomic mass is 10.2. The molecule has 1 heterocycles. The summed E-state index contributed by atoms with van der Waals surface area (Å²) in [7, 11) is 0. The zero-order chi connectivity index (χ0) is 18.8. The second-order valence-corrected chi connectivity index (χ2v) is 4.93. The number of hydrogen-bond donors (Lipinski definition) is 0. The van der Waals surface area contributed by atoms with E-state index in [0.29, 0.717) is 0 Å². The first-order valence-electron chi connectivity index (χ1n) is 6.96. The van der Waals surface area contributed by atoms with Crippen molar-refractivity contribution in [3.63, 3.8) is 0 Å². The average Bonchev–Trinajstić information content (AvgIpc) is 3.06. The number of nitro benzene ring substituents is 1. The standard InChI is InChI=1S/C15H8F4N4O3/c16-10-5-8(1-3-12(10)23(24)25)14-20-7-22(21-14)9-2-4-13(11(17)6-9)26-15(18)19/h1-7,15H. The molecule has 7 nitrogen and oxygen atoms in total. The number of alkyl halides is 2. The lowest BCUT2D eigenvalue weighted by Crippen LogP contribution is -2.04. The molecule has 0 aliphatic heterocycles. The van der Waals surface area contributed by atoms with Gasteiger partial charge in [0.05, 0.1) is 10.6 Å². The maximum absolute atomic E-state index is 13.8. The van der Waals surface area contributed by atoms with Gasteiger partial charge in [0.1, 0.15) is 6.33 Å². The molecule has 3 aromatic rings. The lowest BCUT2D eigenvalue weighted by molar-refractivity contribution is -0.387. The van der Waals surface area contributed by atoms with E-state index >= 15 is 0 Å². The van der Waals surface area contributed by atoms with Gasteiger partial charge in [0.25, 0.3) is 0 Å². The van der Waals surface area contributed by atoms with E-state index in [2.05, 4.69) is 14.8 Å². The maximum Gasteiger partial charge on any atom is 0.387 e. The molecule has 0 spiro atoms. The van der Waals surface area contributed by atoms with E-state index in [1.807, 2.05) is 0 Å². The molecule has 134 valence electrons. The number of nitrogens with zero attached hydrogens (tertiary/aromatic N) is 4.